The van der Waals surface area contributed by atoms with Gasteiger partial charge >= 0.3 is 0 Å². The van der Waals surface area contributed by atoms with Crippen molar-refractivity contribution < 1.29 is 4.79 Å². The molecule has 4 nitrogen and oxygen atoms in total. The fraction of sp³-hybridized carbons (Fsp3) is 0.278. The van der Waals surface area contributed by atoms with Gasteiger partial charge in [-0.25, -0.2) is 5.01 Å². The first-order chi connectivity index (χ1) is 11.5. The van der Waals surface area contributed by atoms with E-state index in [1.54, 1.807) is 11.1 Å². The van der Waals surface area contributed by atoms with Gasteiger partial charge in [-0.1, -0.05) is 29.3 Å². The molecule has 1 N–H and O–H groups in total. The molecule has 124 valence electrons. The number of rotatable bonds is 2. The molecule has 2 heterocycles. The van der Waals surface area contributed by atoms with E-state index >= 15 is 0 Å². The van der Waals surface area contributed by atoms with E-state index in [9.17, 15) is 4.79 Å². The van der Waals surface area contributed by atoms with Crippen LogP contribution in [0.15, 0.2) is 42.5 Å². The summed E-state index contributed by atoms with van der Waals surface area (Å²) in [5.41, 5.74) is 5.20. The quantitative estimate of drug-likeness (QED) is 0.834. The number of fused-ring (bicyclic) bond motifs is 3. The van der Waals surface area contributed by atoms with Crippen LogP contribution in [0.3, 0.4) is 0 Å². The lowest BCUT2D eigenvalue weighted by Gasteiger charge is -2.49. The topological polar surface area (TPSA) is 35.6 Å². The minimum Gasteiger partial charge on any atom is -0.347 e. The van der Waals surface area contributed by atoms with Crippen LogP contribution >= 0.6 is 23.2 Å². The number of nitrogens with zero attached hydrogens (tertiary/aromatic N) is 2. The first-order valence-corrected chi connectivity index (χ1v) is 8.69. The number of nitrogens with one attached hydrogen (secondary N) is 1. The van der Waals surface area contributed by atoms with Crippen LogP contribution in [0.2, 0.25) is 10.0 Å². The van der Waals surface area contributed by atoms with E-state index in [0.717, 1.165) is 30.8 Å². The van der Waals surface area contributed by atoms with Crippen LogP contribution in [0, 0.1) is 0 Å². The molecule has 2 aliphatic heterocycles. The first-order valence-electron chi connectivity index (χ1n) is 7.93. The van der Waals surface area contributed by atoms with Gasteiger partial charge in [0.25, 0.3) is 5.91 Å². The predicted octanol–water partition coefficient (Wildman–Crippen LogP) is 4.79. The molecule has 1 saturated heterocycles. The van der Waals surface area contributed by atoms with Crippen molar-refractivity contribution in [1.82, 2.24) is 5.01 Å². The highest BCUT2D eigenvalue weighted by atomic mass is 35.5. The van der Waals surface area contributed by atoms with Gasteiger partial charge in [-0.15, -0.1) is 0 Å². The van der Waals surface area contributed by atoms with Crippen LogP contribution in [0.25, 0.3) is 0 Å². The molecular weight excluding hydrogens is 345 g/mol. The van der Waals surface area contributed by atoms with E-state index in [1.165, 1.54) is 0 Å². The van der Waals surface area contributed by atoms with Gasteiger partial charge in [-0.2, -0.15) is 0 Å². The maximum Gasteiger partial charge on any atom is 0.276 e. The number of hydrogen-bond donors (Lipinski definition) is 1. The molecule has 6 heteroatoms. The average Bonchev–Trinajstić information content (AvgIpc) is 2.94. The molecule has 0 saturated carbocycles. The van der Waals surface area contributed by atoms with Crippen LogP contribution in [0.4, 0.5) is 11.4 Å². The Morgan fingerprint density at radius 3 is 2.71 bits per heavy atom. The van der Waals surface area contributed by atoms with E-state index in [0.29, 0.717) is 15.6 Å². The molecule has 0 radical (unpaired) electrons. The summed E-state index contributed by atoms with van der Waals surface area (Å²) in [6.45, 7) is 3.00. The van der Waals surface area contributed by atoms with Gasteiger partial charge in [0, 0.05) is 16.6 Å². The van der Waals surface area contributed by atoms with E-state index in [-0.39, 0.29) is 5.91 Å². The second-order valence-corrected chi connectivity index (χ2v) is 7.27. The summed E-state index contributed by atoms with van der Waals surface area (Å²) < 4.78 is 0. The summed E-state index contributed by atoms with van der Waals surface area (Å²) in [5.74, 6) is -0.0758. The van der Waals surface area contributed by atoms with E-state index in [2.05, 4.69) is 17.2 Å². The van der Waals surface area contributed by atoms with Gasteiger partial charge in [0.15, 0.2) is 0 Å². The van der Waals surface area contributed by atoms with E-state index in [4.69, 9.17) is 23.2 Å². The average molecular weight is 362 g/mol. The molecule has 0 spiro atoms. The van der Waals surface area contributed by atoms with Crippen LogP contribution < -0.4 is 10.3 Å². The Labute approximate surface area is 150 Å². The number of anilines is 2. The van der Waals surface area contributed by atoms with Crippen molar-refractivity contribution in [3.8, 4) is 0 Å². The Hall–Kier alpha value is -1.91. The smallest absolute Gasteiger partial charge is 0.276 e. The first kappa shape index (κ1) is 15.6. The normalized spacial score (nSPS) is 22.4. The Kier molecular flexibility index (Phi) is 3.62. The molecule has 24 heavy (non-hydrogen) atoms. The SMILES string of the molecule is CC12CCCN1c1ccc(Cl)cc1C(=O)N2Nc1cccc(Cl)c1. The Morgan fingerprint density at radius 2 is 1.92 bits per heavy atom. The number of benzene rings is 2. The standard InChI is InChI=1S/C18H17Cl2N3O/c1-18-8-3-9-22(18)16-7-6-13(20)11-15(16)17(24)23(18)21-14-5-2-4-12(19)10-14/h2,4-7,10-11,21H,3,8-9H2,1H3. The summed E-state index contributed by atoms with van der Waals surface area (Å²) in [6.07, 6.45) is 1.92. The molecule has 0 aliphatic carbocycles. The second-order valence-electron chi connectivity index (χ2n) is 6.40. The number of amides is 1. The lowest BCUT2D eigenvalue weighted by Crippen LogP contribution is -2.63. The predicted molar refractivity (Wildman–Crippen MR) is 97.7 cm³/mol. The number of hydrazine groups is 1. The number of carbonyl (C=O) groups is 1. The molecule has 1 atom stereocenters. The third kappa shape index (κ3) is 2.33. The van der Waals surface area contributed by atoms with Gasteiger partial charge in [0.2, 0.25) is 0 Å². The minimum absolute atomic E-state index is 0.0758. The largest absolute Gasteiger partial charge is 0.347 e. The summed E-state index contributed by atoms with van der Waals surface area (Å²) >= 11 is 12.2. The molecule has 0 bridgehead atoms. The van der Waals surface area contributed by atoms with Gasteiger partial charge < -0.3 is 4.90 Å². The van der Waals surface area contributed by atoms with Gasteiger partial charge in [-0.3, -0.25) is 10.2 Å². The molecular formula is C18H17Cl2N3O. The molecule has 1 amide bonds. The van der Waals surface area contributed by atoms with Crippen molar-refractivity contribution in [3.05, 3.63) is 58.1 Å². The van der Waals surface area contributed by atoms with E-state index in [1.807, 2.05) is 36.4 Å². The van der Waals surface area contributed by atoms with Crippen molar-refractivity contribution in [2.75, 3.05) is 16.9 Å². The second kappa shape index (κ2) is 5.57. The lowest BCUT2D eigenvalue weighted by molar-refractivity contribution is 0.0580. The van der Waals surface area contributed by atoms with Gasteiger partial charge in [0.1, 0.15) is 5.66 Å². The molecule has 2 aliphatic rings. The Morgan fingerprint density at radius 1 is 1.12 bits per heavy atom. The summed E-state index contributed by atoms with van der Waals surface area (Å²) in [7, 11) is 0. The fourth-order valence-electron chi connectivity index (χ4n) is 3.67. The zero-order valence-corrected chi connectivity index (χ0v) is 14.7. The van der Waals surface area contributed by atoms with Crippen LogP contribution in [-0.2, 0) is 0 Å². The highest BCUT2D eigenvalue weighted by Crippen LogP contribution is 2.44. The van der Waals surface area contributed by atoms with Crippen molar-refractivity contribution >= 4 is 40.5 Å². The maximum absolute atomic E-state index is 13.2. The summed E-state index contributed by atoms with van der Waals surface area (Å²) in [4.78, 5) is 15.4. The number of hydrogen-bond acceptors (Lipinski definition) is 3. The molecule has 1 fully saturated rings. The number of halogens is 2. The third-order valence-electron chi connectivity index (χ3n) is 4.84. The molecule has 2 aromatic carbocycles. The highest BCUT2D eigenvalue weighted by molar-refractivity contribution is 6.31. The highest BCUT2D eigenvalue weighted by Gasteiger charge is 2.49. The Balaban J connectivity index is 1.80. The molecule has 4 rings (SSSR count). The van der Waals surface area contributed by atoms with Gasteiger partial charge in [-0.05, 0) is 56.2 Å². The van der Waals surface area contributed by atoms with Crippen molar-refractivity contribution in [3.63, 3.8) is 0 Å². The van der Waals surface area contributed by atoms with Crippen molar-refractivity contribution in [1.29, 1.82) is 0 Å². The van der Waals surface area contributed by atoms with Crippen molar-refractivity contribution in [2.24, 2.45) is 0 Å². The van der Waals surface area contributed by atoms with E-state index < -0.39 is 5.66 Å². The summed E-state index contributed by atoms with van der Waals surface area (Å²) in [5, 5.41) is 2.90. The number of carbonyl (C=O) groups excluding carboxylic acids is 1. The van der Waals surface area contributed by atoms with Crippen LogP contribution in [0.5, 0.6) is 0 Å². The minimum atomic E-state index is -0.416. The Bertz CT molecular complexity index is 826. The van der Waals surface area contributed by atoms with Gasteiger partial charge in [0.05, 0.1) is 16.9 Å². The third-order valence-corrected chi connectivity index (χ3v) is 5.31. The molecule has 0 aromatic heterocycles. The molecule has 1 unspecified atom stereocenters. The van der Waals surface area contributed by atoms with Crippen LogP contribution in [-0.4, -0.2) is 23.1 Å². The zero-order chi connectivity index (χ0) is 16.9. The maximum atomic E-state index is 13.2. The molecule has 2 aromatic rings. The lowest BCUT2D eigenvalue weighted by atomic mass is 10.0. The van der Waals surface area contributed by atoms with Crippen LogP contribution in [0.1, 0.15) is 30.1 Å². The fourth-order valence-corrected chi connectivity index (χ4v) is 4.04. The monoisotopic (exact) mass is 361 g/mol. The zero-order valence-electron chi connectivity index (χ0n) is 13.2. The van der Waals surface area contributed by atoms with Crippen molar-refractivity contribution in [2.45, 2.75) is 25.4 Å². The summed E-state index contributed by atoms with van der Waals surface area (Å²) in [6, 6.07) is 12.9.